The van der Waals surface area contributed by atoms with Crippen LogP contribution in [0.4, 0.5) is 5.69 Å². The Balaban J connectivity index is 1.68. The van der Waals surface area contributed by atoms with Crippen LogP contribution in [0, 0.1) is 0 Å². The zero-order valence-corrected chi connectivity index (χ0v) is 17.5. The van der Waals surface area contributed by atoms with Crippen LogP contribution in [-0.2, 0) is 13.1 Å². The van der Waals surface area contributed by atoms with Crippen LogP contribution in [0.3, 0.4) is 0 Å². The summed E-state index contributed by atoms with van der Waals surface area (Å²) in [5.41, 5.74) is 5.19. The molecule has 0 unspecified atom stereocenters. The van der Waals surface area contributed by atoms with Crippen molar-refractivity contribution in [1.82, 2.24) is 20.1 Å². The first-order chi connectivity index (χ1) is 14.6. The van der Waals surface area contributed by atoms with Crippen LogP contribution in [0.2, 0.25) is 0 Å². The first-order valence-electron chi connectivity index (χ1n) is 10.0. The van der Waals surface area contributed by atoms with Crippen LogP contribution in [0.1, 0.15) is 22.8 Å². The van der Waals surface area contributed by atoms with E-state index in [1.807, 2.05) is 85.2 Å². The number of amides is 1. The van der Waals surface area contributed by atoms with Crippen LogP contribution in [0.25, 0.3) is 22.3 Å². The zero-order valence-electron chi connectivity index (χ0n) is 17.5. The van der Waals surface area contributed by atoms with Gasteiger partial charge in [-0.15, -0.1) is 0 Å². The zero-order chi connectivity index (χ0) is 21.1. The minimum Gasteiger partial charge on any atom is -0.378 e. The summed E-state index contributed by atoms with van der Waals surface area (Å²) in [7, 11) is 4.00. The van der Waals surface area contributed by atoms with E-state index in [4.69, 9.17) is 4.98 Å². The van der Waals surface area contributed by atoms with Gasteiger partial charge in [-0.05, 0) is 30.7 Å². The third-order valence-corrected chi connectivity index (χ3v) is 5.10. The number of nitrogens with zero attached hydrogens (tertiary/aromatic N) is 4. The number of aromatic nitrogens is 3. The molecule has 0 bridgehead atoms. The molecule has 0 saturated carbocycles. The van der Waals surface area contributed by atoms with Crippen molar-refractivity contribution in [2.24, 2.45) is 0 Å². The van der Waals surface area contributed by atoms with Crippen molar-refractivity contribution in [3.05, 3.63) is 78.0 Å². The maximum absolute atomic E-state index is 13.1. The van der Waals surface area contributed by atoms with Gasteiger partial charge >= 0.3 is 0 Å². The van der Waals surface area contributed by atoms with E-state index in [2.05, 4.69) is 16.5 Å². The Bertz CT molecular complexity index is 1180. The molecule has 0 saturated heterocycles. The molecule has 4 rings (SSSR count). The molecule has 6 heteroatoms. The number of hydrogen-bond acceptors (Lipinski definition) is 4. The number of nitrogens with one attached hydrogen (secondary N) is 1. The van der Waals surface area contributed by atoms with Crippen LogP contribution in [0.15, 0.2) is 66.9 Å². The van der Waals surface area contributed by atoms with E-state index in [1.54, 1.807) is 6.20 Å². The molecular weight excluding hydrogens is 374 g/mol. The molecule has 6 nitrogen and oxygen atoms in total. The first kappa shape index (κ1) is 19.6. The molecule has 1 amide bonds. The lowest BCUT2D eigenvalue weighted by molar-refractivity contribution is 0.0952. The average molecular weight is 399 g/mol. The van der Waals surface area contributed by atoms with E-state index >= 15 is 0 Å². The molecule has 0 fully saturated rings. The third-order valence-electron chi connectivity index (χ3n) is 5.10. The molecule has 30 heavy (non-hydrogen) atoms. The van der Waals surface area contributed by atoms with Gasteiger partial charge in [-0.1, -0.05) is 42.5 Å². The number of carbonyl (C=O) groups excluding carboxylic acids is 1. The number of aryl methyl sites for hydroxylation is 1. The smallest absolute Gasteiger partial charge is 0.252 e. The summed E-state index contributed by atoms with van der Waals surface area (Å²) in [4.78, 5) is 20.0. The molecule has 152 valence electrons. The summed E-state index contributed by atoms with van der Waals surface area (Å²) in [6.45, 7) is 3.15. The lowest BCUT2D eigenvalue weighted by atomic mass is 10.1. The Hall–Kier alpha value is -3.67. The van der Waals surface area contributed by atoms with E-state index in [9.17, 15) is 4.79 Å². The second-order valence-electron chi connectivity index (χ2n) is 7.37. The normalized spacial score (nSPS) is 10.9. The number of hydrogen-bond donors (Lipinski definition) is 1. The quantitative estimate of drug-likeness (QED) is 0.530. The minimum absolute atomic E-state index is 0.134. The van der Waals surface area contributed by atoms with Gasteiger partial charge in [0.1, 0.15) is 0 Å². The van der Waals surface area contributed by atoms with E-state index in [0.717, 1.165) is 33.5 Å². The molecule has 0 spiro atoms. The van der Waals surface area contributed by atoms with Crippen molar-refractivity contribution in [2.75, 3.05) is 19.0 Å². The van der Waals surface area contributed by atoms with Crippen molar-refractivity contribution < 1.29 is 4.79 Å². The maximum atomic E-state index is 13.1. The predicted octanol–water partition coefficient (Wildman–Crippen LogP) is 4.11. The highest BCUT2D eigenvalue weighted by Crippen LogP contribution is 2.25. The lowest BCUT2D eigenvalue weighted by Gasteiger charge is -2.14. The maximum Gasteiger partial charge on any atom is 0.252 e. The van der Waals surface area contributed by atoms with Gasteiger partial charge in [-0.25, -0.2) is 9.67 Å². The van der Waals surface area contributed by atoms with Gasteiger partial charge in [0, 0.05) is 38.4 Å². The standard InChI is InChI=1S/C24H25N5O/c1-4-29-23-21(16-26-29)20(14-22(27-23)18-10-6-5-7-11-18)24(30)25-15-17-9-8-12-19(13-17)28(2)3/h5-14,16H,4,15H2,1-3H3,(H,25,30). The van der Waals surface area contributed by atoms with Gasteiger partial charge < -0.3 is 10.2 Å². The van der Waals surface area contributed by atoms with Crippen LogP contribution in [-0.4, -0.2) is 34.8 Å². The number of pyridine rings is 1. The fraction of sp³-hybridized carbons (Fsp3) is 0.208. The molecule has 0 atom stereocenters. The van der Waals surface area contributed by atoms with Crippen LogP contribution in [0.5, 0.6) is 0 Å². The summed E-state index contributed by atoms with van der Waals surface area (Å²) in [6.07, 6.45) is 1.72. The van der Waals surface area contributed by atoms with Crippen LogP contribution >= 0.6 is 0 Å². The number of rotatable bonds is 6. The molecule has 0 radical (unpaired) electrons. The van der Waals surface area contributed by atoms with Crippen molar-refractivity contribution in [1.29, 1.82) is 0 Å². The summed E-state index contributed by atoms with van der Waals surface area (Å²) in [6, 6.07) is 19.9. The minimum atomic E-state index is -0.134. The fourth-order valence-corrected chi connectivity index (χ4v) is 3.45. The number of anilines is 1. The van der Waals surface area contributed by atoms with E-state index < -0.39 is 0 Å². The Labute approximate surface area is 176 Å². The molecule has 0 aliphatic rings. The molecule has 2 aromatic carbocycles. The largest absolute Gasteiger partial charge is 0.378 e. The Morgan fingerprint density at radius 3 is 2.60 bits per heavy atom. The lowest BCUT2D eigenvalue weighted by Crippen LogP contribution is -2.23. The summed E-state index contributed by atoms with van der Waals surface area (Å²) in [5, 5.41) is 8.23. The molecule has 4 aromatic rings. The number of fused-ring (bicyclic) bond motifs is 1. The number of carbonyl (C=O) groups is 1. The Kier molecular flexibility index (Phi) is 5.48. The third kappa shape index (κ3) is 3.89. The number of benzene rings is 2. The SMILES string of the molecule is CCn1ncc2c(C(=O)NCc3cccc(N(C)C)c3)cc(-c3ccccc3)nc21. The van der Waals surface area contributed by atoms with Crippen molar-refractivity contribution >= 4 is 22.6 Å². The predicted molar refractivity (Wildman–Crippen MR) is 121 cm³/mol. The molecule has 0 aliphatic carbocycles. The fourth-order valence-electron chi connectivity index (χ4n) is 3.45. The van der Waals surface area contributed by atoms with Crippen molar-refractivity contribution in [3.63, 3.8) is 0 Å². The van der Waals surface area contributed by atoms with Crippen LogP contribution < -0.4 is 10.2 Å². The van der Waals surface area contributed by atoms with Gasteiger partial charge in [0.15, 0.2) is 5.65 Å². The van der Waals surface area contributed by atoms with Gasteiger partial charge in [0.2, 0.25) is 0 Å². The monoisotopic (exact) mass is 399 g/mol. The highest BCUT2D eigenvalue weighted by atomic mass is 16.1. The second-order valence-corrected chi connectivity index (χ2v) is 7.37. The highest BCUT2D eigenvalue weighted by Gasteiger charge is 2.17. The average Bonchev–Trinajstić information content (AvgIpc) is 3.20. The first-order valence-corrected chi connectivity index (χ1v) is 10.0. The Morgan fingerprint density at radius 2 is 1.87 bits per heavy atom. The van der Waals surface area contributed by atoms with Gasteiger partial charge in [0.25, 0.3) is 5.91 Å². The summed E-state index contributed by atoms with van der Waals surface area (Å²) < 4.78 is 1.82. The molecule has 2 heterocycles. The van der Waals surface area contributed by atoms with Crippen molar-refractivity contribution in [2.45, 2.75) is 20.0 Å². The topological polar surface area (TPSA) is 63.1 Å². The second kappa shape index (κ2) is 8.37. The summed E-state index contributed by atoms with van der Waals surface area (Å²) in [5.74, 6) is -0.134. The molecular formula is C24H25N5O. The van der Waals surface area contributed by atoms with E-state index in [1.165, 1.54) is 0 Å². The molecule has 2 aromatic heterocycles. The Morgan fingerprint density at radius 1 is 1.07 bits per heavy atom. The van der Waals surface area contributed by atoms with Crippen molar-refractivity contribution in [3.8, 4) is 11.3 Å². The highest BCUT2D eigenvalue weighted by molar-refractivity contribution is 6.06. The van der Waals surface area contributed by atoms with E-state index in [0.29, 0.717) is 18.7 Å². The molecule has 1 N–H and O–H groups in total. The van der Waals surface area contributed by atoms with E-state index in [-0.39, 0.29) is 5.91 Å². The van der Waals surface area contributed by atoms with Gasteiger partial charge in [-0.3, -0.25) is 4.79 Å². The van der Waals surface area contributed by atoms with Gasteiger partial charge in [0.05, 0.1) is 22.8 Å². The summed E-state index contributed by atoms with van der Waals surface area (Å²) >= 11 is 0. The van der Waals surface area contributed by atoms with Gasteiger partial charge in [-0.2, -0.15) is 5.10 Å². The molecule has 0 aliphatic heterocycles.